The van der Waals surface area contributed by atoms with Crippen LogP contribution in [0.5, 0.6) is 0 Å². The molecule has 2 nitrogen and oxygen atoms in total. The molecule has 0 radical (unpaired) electrons. The third-order valence-electron chi connectivity index (χ3n) is 3.21. The molecule has 1 heterocycles. The first kappa shape index (κ1) is 9.85. The molecule has 1 N–H and O–H groups in total. The standard InChI is InChI=1S/C13H12O2S/c14-13(15)6-10-7-16-12-5-9-3-1-2-8(9)4-11(10)12/h4-5,7H,1-3,6H2,(H,14,15). The number of hydrogen-bond acceptors (Lipinski definition) is 2. The number of carbonyl (C=O) groups is 1. The Morgan fingerprint density at radius 3 is 2.81 bits per heavy atom. The molecular weight excluding hydrogens is 220 g/mol. The Kier molecular flexibility index (Phi) is 2.21. The van der Waals surface area contributed by atoms with Gasteiger partial charge >= 0.3 is 5.97 Å². The van der Waals surface area contributed by atoms with Gasteiger partial charge < -0.3 is 5.11 Å². The third kappa shape index (κ3) is 1.52. The SMILES string of the molecule is O=C(O)Cc1csc2cc3c(cc12)CCC3. The second-order valence-corrected chi connectivity index (χ2v) is 5.21. The summed E-state index contributed by atoms with van der Waals surface area (Å²) in [4.78, 5) is 10.7. The number of aryl methyl sites for hydroxylation is 2. The second kappa shape index (κ2) is 3.59. The molecule has 3 rings (SSSR count). The van der Waals surface area contributed by atoms with E-state index in [0.29, 0.717) is 0 Å². The molecule has 82 valence electrons. The molecule has 0 amide bonds. The molecule has 0 unspecified atom stereocenters. The first-order valence-electron chi connectivity index (χ1n) is 5.48. The van der Waals surface area contributed by atoms with Crippen LogP contribution in [0.15, 0.2) is 17.5 Å². The molecule has 1 aliphatic rings. The van der Waals surface area contributed by atoms with E-state index in [1.807, 2.05) is 5.38 Å². The highest BCUT2D eigenvalue weighted by molar-refractivity contribution is 7.17. The average Bonchev–Trinajstić information content (AvgIpc) is 2.81. The summed E-state index contributed by atoms with van der Waals surface area (Å²) in [5.41, 5.74) is 3.83. The zero-order valence-corrected chi connectivity index (χ0v) is 9.64. The van der Waals surface area contributed by atoms with Crippen molar-refractivity contribution in [3.8, 4) is 0 Å². The maximum Gasteiger partial charge on any atom is 0.307 e. The van der Waals surface area contributed by atoms with Gasteiger partial charge in [0.15, 0.2) is 0 Å². The van der Waals surface area contributed by atoms with Gasteiger partial charge in [0.05, 0.1) is 6.42 Å². The van der Waals surface area contributed by atoms with Gasteiger partial charge in [-0.1, -0.05) is 0 Å². The van der Waals surface area contributed by atoms with Crippen LogP contribution in [-0.4, -0.2) is 11.1 Å². The first-order chi connectivity index (χ1) is 7.74. The number of benzene rings is 1. The number of thiophene rings is 1. The fourth-order valence-corrected chi connectivity index (χ4v) is 3.45. The van der Waals surface area contributed by atoms with E-state index in [0.717, 1.165) is 17.4 Å². The number of hydrogen-bond donors (Lipinski definition) is 1. The minimum atomic E-state index is -0.750. The molecule has 2 aromatic rings. The van der Waals surface area contributed by atoms with Crippen molar-refractivity contribution in [2.45, 2.75) is 25.7 Å². The highest BCUT2D eigenvalue weighted by atomic mass is 32.1. The maximum absolute atomic E-state index is 10.7. The average molecular weight is 232 g/mol. The lowest BCUT2D eigenvalue weighted by Gasteiger charge is -2.00. The van der Waals surface area contributed by atoms with Gasteiger partial charge in [0.25, 0.3) is 0 Å². The molecule has 0 atom stereocenters. The van der Waals surface area contributed by atoms with E-state index < -0.39 is 5.97 Å². The van der Waals surface area contributed by atoms with E-state index in [9.17, 15) is 4.79 Å². The van der Waals surface area contributed by atoms with Crippen LogP contribution in [0.25, 0.3) is 10.1 Å². The molecule has 1 aliphatic carbocycles. The highest BCUT2D eigenvalue weighted by Gasteiger charge is 2.15. The maximum atomic E-state index is 10.7. The molecular formula is C13H12O2S. The summed E-state index contributed by atoms with van der Waals surface area (Å²) in [6.07, 6.45) is 3.70. The zero-order valence-electron chi connectivity index (χ0n) is 8.82. The normalized spacial score (nSPS) is 14.2. The summed E-state index contributed by atoms with van der Waals surface area (Å²) in [6, 6.07) is 4.44. The summed E-state index contributed by atoms with van der Waals surface area (Å²) in [5.74, 6) is -0.750. The summed E-state index contributed by atoms with van der Waals surface area (Å²) >= 11 is 1.66. The fourth-order valence-electron chi connectivity index (χ4n) is 2.45. The lowest BCUT2D eigenvalue weighted by Crippen LogP contribution is -1.98. The number of aliphatic carboxylic acids is 1. The monoisotopic (exact) mass is 232 g/mol. The molecule has 16 heavy (non-hydrogen) atoms. The molecule has 0 saturated heterocycles. The van der Waals surface area contributed by atoms with Crippen LogP contribution < -0.4 is 0 Å². The number of fused-ring (bicyclic) bond motifs is 2. The van der Waals surface area contributed by atoms with Crippen molar-refractivity contribution in [2.75, 3.05) is 0 Å². The number of carboxylic acids is 1. The Morgan fingerprint density at radius 2 is 2.06 bits per heavy atom. The number of rotatable bonds is 2. The molecule has 0 fully saturated rings. The lowest BCUT2D eigenvalue weighted by atomic mass is 10.0. The van der Waals surface area contributed by atoms with E-state index >= 15 is 0 Å². The van der Waals surface area contributed by atoms with Crippen molar-refractivity contribution in [1.29, 1.82) is 0 Å². The Bertz CT molecular complexity index is 569. The molecule has 0 aliphatic heterocycles. The van der Waals surface area contributed by atoms with Crippen molar-refractivity contribution in [2.24, 2.45) is 0 Å². The van der Waals surface area contributed by atoms with Crippen molar-refractivity contribution >= 4 is 27.4 Å². The third-order valence-corrected chi connectivity index (χ3v) is 4.20. The van der Waals surface area contributed by atoms with Gasteiger partial charge in [-0.25, -0.2) is 0 Å². The molecule has 1 aromatic heterocycles. The predicted octanol–water partition coefficient (Wildman–Crippen LogP) is 3.02. The van der Waals surface area contributed by atoms with E-state index in [-0.39, 0.29) is 6.42 Å². The van der Waals surface area contributed by atoms with Gasteiger partial charge in [-0.05, 0) is 58.9 Å². The Balaban J connectivity index is 2.15. The van der Waals surface area contributed by atoms with Crippen LogP contribution in [0.4, 0.5) is 0 Å². The minimum Gasteiger partial charge on any atom is -0.481 e. The first-order valence-corrected chi connectivity index (χ1v) is 6.35. The lowest BCUT2D eigenvalue weighted by molar-refractivity contribution is -0.136. The van der Waals surface area contributed by atoms with Gasteiger partial charge in [-0.15, -0.1) is 11.3 Å². The van der Waals surface area contributed by atoms with Gasteiger partial charge in [0.2, 0.25) is 0 Å². The molecule has 1 aromatic carbocycles. The zero-order chi connectivity index (χ0) is 11.1. The van der Waals surface area contributed by atoms with E-state index in [1.165, 1.54) is 28.7 Å². The molecule has 0 bridgehead atoms. The van der Waals surface area contributed by atoms with Crippen LogP contribution in [0.3, 0.4) is 0 Å². The van der Waals surface area contributed by atoms with Crippen LogP contribution in [0.2, 0.25) is 0 Å². The van der Waals surface area contributed by atoms with Crippen LogP contribution in [0, 0.1) is 0 Å². The largest absolute Gasteiger partial charge is 0.481 e. The van der Waals surface area contributed by atoms with Crippen LogP contribution in [0.1, 0.15) is 23.1 Å². The summed E-state index contributed by atoms with van der Waals surface area (Å²) in [6.45, 7) is 0. The predicted molar refractivity (Wildman–Crippen MR) is 65.2 cm³/mol. The van der Waals surface area contributed by atoms with Gasteiger partial charge in [-0.2, -0.15) is 0 Å². The quantitative estimate of drug-likeness (QED) is 0.864. The van der Waals surface area contributed by atoms with Gasteiger partial charge in [0.1, 0.15) is 0 Å². The summed E-state index contributed by atoms with van der Waals surface area (Å²) in [5, 5.41) is 12.0. The number of carboxylic acid groups (broad SMARTS) is 1. The summed E-state index contributed by atoms with van der Waals surface area (Å²) < 4.78 is 1.23. The molecule has 0 saturated carbocycles. The van der Waals surface area contributed by atoms with E-state index in [2.05, 4.69) is 12.1 Å². The Hall–Kier alpha value is -1.35. The van der Waals surface area contributed by atoms with Crippen molar-refractivity contribution < 1.29 is 9.90 Å². The Morgan fingerprint density at radius 1 is 1.31 bits per heavy atom. The smallest absolute Gasteiger partial charge is 0.307 e. The van der Waals surface area contributed by atoms with Crippen molar-refractivity contribution in [1.82, 2.24) is 0 Å². The molecule has 0 spiro atoms. The summed E-state index contributed by atoms with van der Waals surface area (Å²) in [7, 11) is 0. The highest BCUT2D eigenvalue weighted by Crippen LogP contribution is 2.33. The fraction of sp³-hybridized carbons (Fsp3) is 0.308. The van der Waals surface area contributed by atoms with Crippen molar-refractivity contribution in [3.05, 3.63) is 34.2 Å². The molecule has 3 heteroatoms. The van der Waals surface area contributed by atoms with E-state index in [4.69, 9.17) is 5.11 Å². The van der Waals surface area contributed by atoms with Crippen LogP contribution in [-0.2, 0) is 24.1 Å². The van der Waals surface area contributed by atoms with Crippen molar-refractivity contribution in [3.63, 3.8) is 0 Å². The Labute approximate surface area is 97.5 Å². The minimum absolute atomic E-state index is 0.138. The second-order valence-electron chi connectivity index (χ2n) is 4.30. The van der Waals surface area contributed by atoms with Gasteiger partial charge in [0, 0.05) is 4.70 Å². The van der Waals surface area contributed by atoms with Crippen LogP contribution >= 0.6 is 11.3 Å². The topological polar surface area (TPSA) is 37.3 Å². The van der Waals surface area contributed by atoms with E-state index in [1.54, 1.807) is 11.3 Å². The van der Waals surface area contributed by atoms with Gasteiger partial charge in [-0.3, -0.25) is 4.79 Å².